The van der Waals surface area contributed by atoms with E-state index >= 15 is 0 Å². The lowest BCUT2D eigenvalue weighted by atomic mass is 10.2. The van der Waals surface area contributed by atoms with Crippen LogP contribution in [0.4, 0.5) is 5.69 Å². The van der Waals surface area contributed by atoms with Gasteiger partial charge in [-0.1, -0.05) is 17.7 Å². The van der Waals surface area contributed by atoms with Gasteiger partial charge in [0.25, 0.3) is 0 Å². The zero-order valence-electron chi connectivity index (χ0n) is 12.9. The molecule has 1 aromatic carbocycles. The molecule has 5 nitrogen and oxygen atoms in total. The van der Waals surface area contributed by atoms with Crippen LogP contribution in [0.1, 0.15) is 25.3 Å². The van der Waals surface area contributed by atoms with Crippen LogP contribution < -0.4 is 5.32 Å². The van der Waals surface area contributed by atoms with Crippen LogP contribution in [-0.2, 0) is 14.3 Å². The maximum Gasteiger partial charge on any atom is 0.320 e. The molecule has 1 aliphatic rings. The normalized spacial score (nSPS) is 14.0. The first-order chi connectivity index (χ1) is 10.5. The van der Waals surface area contributed by atoms with E-state index in [0.29, 0.717) is 23.4 Å². The van der Waals surface area contributed by atoms with Gasteiger partial charge in [0.2, 0.25) is 5.91 Å². The summed E-state index contributed by atoms with van der Waals surface area (Å²) in [7, 11) is 0. The summed E-state index contributed by atoms with van der Waals surface area (Å²) in [6, 6.07) is 5.69. The number of hydrogen-bond donors (Lipinski definition) is 1. The van der Waals surface area contributed by atoms with Gasteiger partial charge in [0.15, 0.2) is 0 Å². The molecule has 1 aromatic rings. The lowest BCUT2D eigenvalue weighted by molar-refractivity contribution is -0.144. The van der Waals surface area contributed by atoms with Gasteiger partial charge in [-0.25, -0.2) is 0 Å². The van der Waals surface area contributed by atoms with Gasteiger partial charge in [0.1, 0.15) is 0 Å². The zero-order chi connectivity index (χ0) is 16.1. The summed E-state index contributed by atoms with van der Waals surface area (Å²) in [6.07, 6.45) is 2.03. The third-order valence-corrected chi connectivity index (χ3v) is 4.00. The predicted octanol–water partition coefficient (Wildman–Crippen LogP) is 2.61. The minimum Gasteiger partial charge on any atom is -0.465 e. The Morgan fingerprint density at radius 2 is 2.09 bits per heavy atom. The molecule has 0 saturated heterocycles. The molecule has 0 heterocycles. The van der Waals surface area contributed by atoms with E-state index in [0.717, 1.165) is 18.4 Å². The summed E-state index contributed by atoms with van der Waals surface area (Å²) < 4.78 is 4.96. The van der Waals surface area contributed by atoms with Crippen LogP contribution in [-0.4, -0.2) is 42.5 Å². The highest BCUT2D eigenvalue weighted by atomic mass is 35.5. The van der Waals surface area contributed by atoms with Gasteiger partial charge in [0, 0.05) is 16.8 Å². The number of nitrogens with one attached hydrogen (secondary N) is 1. The van der Waals surface area contributed by atoms with Crippen LogP contribution in [0.25, 0.3) is 0 Å². The maximum absolute atomic E-state index is 12.2. The van der Waals surface area contributed by atoms with Crippen LogP contribution in [0.5, 0.6) is 0 Å². The lowest BCUT2D eigenvalue weighted by Crippen LogP contribution is -2.39. The highest BCUT2D eigenvalue weighted by molar-refractivity contribution is 6.31. The molecule has 2 rings (SSSR count). The first kappa shape index (κ1) is 16.8. The van der Waals surface area contributed by atoms with Crippen molar-refractivity contribution >= 4 is 29.2 Å². The summed E-state index contributed by atoms with van der Waals surface area (Å²) in [4.78, 5) is 25.7. The van der Waals surface area contributed by atoms with Crippen molar-refractivity contribution in [2.75, 3.05) is 25.0 Å². The quantitative estimate of drug-likeness (QED) is 0.783. The first-order valence-electron chi connectivity index (χ1n) is 7.46. The van der Waals surface area contributed by atoms with Crippen LogP contribution in [0.3, 0.4) is 0 Å². The Labute approximate surface area is 135 Å². The Morgan fingerprint density at radius 1 is 1.36 bits per heavy atom. The summed E-state index contributed by atoms with van der Waals surface area (Å²) in [5.74, 6) is -0.442. The summed E-state index contributed by atoms with van der Waals surface area (Å²) in [5, 5.41) is 3.47. The van der Waals surface area contributed by atoms with Crippen LogP contribution in [0.15, 0.2) is 18.2 Å². The average Bonchev–Trinajstić information content (AvgIpc) is 3.28. The van der Waals surface area contributed by atoms with Crippen molar-refractivity contribution in [3.05, 3.63) is 28.8 Å². The third-order valence-electron chi connectivity index (χ3n) is 3.59. The summed E-state index contributed by atoms with van der Waals surface area (Å²) >= 11 is 6.04. The monoisotopic (exact) mass is 324 g/mol. The van der Waals surface area contributed by atoms with Crippen molar-refractivity contribution in [2.45, 2.75) is 32.7 Å². The Morgan fingerprint density at radius 3 is 2.73 bits per heavy atom. The number of anilines is 1. The smallest absolute Gasteiger partial charge is 0.320 e. The SMILES string of the molecule is CCOC(=O)CN(CC(=O)Nc1cccc(Cl)c1C)C1CC1. The standard InChI is InChI=1S/C16H21ClN2O3/c1-3-22-16(21)10-19(12-7-8-12)9-15(20)18-14-6-4-5-13(17)11(14)2/h4-6,12H,3,7-10H2,1-2H3,(H,18,20). The molecule has 22 heavy (non-hydrogen) atoms. The highest BCUT2D eigenvalue weighted by Crippen LogP contribution is 2.27. The molecule has 0 aliphatic heterocycles. The van der Waals surface area contributed by atoms with Crippen molar-refractivity contribution in [3.63, 3.8) is 0 Å². The second-order valence-electron chi connectivity index (χ2n) is 5.40. The largest absolute Gasteiger partial charge is 0.465 e. The molecule has 0 bridgehead atoms. The Hall–Kier alpha value is -1.59. The minimum absolute atomic E-state index is 0.151. The minimum atomic E-state index is -0.291. The van der Waals surface area contributed by atoms with Gasteiger partial charge >= 0.3 is 5.97 Å². The molecule has 0 spiro atoms. The second kappa shape index (κ2) is 7.61. The zero-order valence-corrected chi connectivity index (χ0v) is 13.7. The van der Waals surface area contributed by atoms with E-state index in [9.17, 15) is 9.59 Å². The second-order valence-corrected chi connectivity index (χ2v) is 5.81. The number of esters is 1. The summed E-state index contributed by atoms with van der Waals surface area (Å²) in [5.41, 5.74) is 1.53. The fourth-order valence-corrected chi connectivity index (χ4v) is 2.42. The van der Waals surface area contributed by atoms with Gasteiger partial charge in [0.05, 0.1) is 19.7 Å². The number of benzene rings is 1. The predicted molar refractivity (Wildman–Crippen MR) is 86.0 cm³/mol. The van der Waals surface area contributed by atoms with E-state index < -0.39 is 0 Å². The molecule has 120 valence electrons. The molecule has 1 amide bonds. The van der Waals surface area contributed by atoms with E-state index in [1.807, 2.05) is 17.9 Å². The lowest BCUT2D eigenvalue weighted by Gasteiger charge is -2.20. The molecule has 1 fully saturated rings. The molecule has 1 aliphatic carbocycles. The van der Waals surface area contributed by atoms with Crippen LogP contribution >= 0.6 is 11.6 Å². The van der Waals surface area contributed by atoms with Gasteiger partial charge in [-0.3, -0.25) is 14.5 Å². The molecular weight excluding hydrogens is 304 g/mol. The van der Waals surface area contributed by atoms with Crippen molar-refractivity contribution in [3.8, 4) is 0 Å². The number of ether oxygens (including phenoxy) is 1. The average molecular weight is 325 g/mol. The molecule has 0 atom stereocenters. The number of amides is 1. The fourth-order valence-electron chi connectivity index (χ4n) is 2.24. The number of carbonyl (C=O) groups is 2. The molecule has 6 heteroatoms. The van der Waals surface area contributed by atoms with E-state index in [1.54, 1.807) is 19.1 Å². The van der Waals surface area contributed by atoms with Gasteiger partial charge in [-0.15, -0.1) is 0 Å². The molecule has 0 unspecified atom stereocenters. The van der Waals surface area contributed by atoms with Crippen molar-refractivity contribution < 1.29 is 14.3 Å². The number of carbonyl (C=O) groups excluding carboxylic acids is 2. The van der Waals surface area contributed by atoms with Crippen molar-refractivity contribution in [1.82, 2.24) is 4.90 Å². The fraction of sp³-hybridized carbons (Fsp3) is 0.500. The molecular formula is C16H21ClN2O3. The molecule has 1 saturated carbocycles. The van der Waals surface area contributed by atoms with Crippen LogP contribution in [0.2, 0.25) is 5.02 Å². The van der Waals surface area contributed by atoms with Gasteiger partial charge in [-0.2, -0.15) is 0 Å². The molecule has 1 N–H and O–H groups in total. The number of rotatable bonds is 7. The van der Waals surface area contributed by atoms with Crippen LogP contribution in [0, 0.1) is 6.92 Å². The summed E-state index contributed by atoms with van der Waals surface area (Å²) in [6.45, 7) is 4.31. The van der Waals surface area contributed by atoms with Gasteiger partial charge in [-0.05, 0) is 44.4 Å². The van der Waals surface area contributed by atoms with E-state index in [-0.39, 0.29) is 25.0 Å². The van der Waals surface area contributed by atoms with E-state index in [4.69, 9.17) is 16.3 Å². The highest BCUT2D eigenvalue weighted by Gasteiger charge is 2.32. The van der Waals surface area contributed by atoms with Crippen molar-refractivity contribution in [2.24, 2.45) is 0 Å². The maximum atomic E-state index is 12.2. The Balaban J connectivity index is 1.93. The van der Waals surface area contributed by atoms with E-state index in [1.165, 1.54) is 0 Å². The number of hydrogen-bond acceptors (Lipinski definition) is 4. The first-order valence-corrected chi connectivity index (χ1v) is 7.83. The van der Waals surface area contributed by atoms with Gasteiger partial charge < -0.3 is 10.1 Å². The Kier molecular flexibility index (Phi) is 5.80. The molecule has 0 radical (unpaired) electrons. The Bertz CT molecular complexity index is 558. The van der Waals surface area contributed by atoms with E-state index in [2.05, 4.69) is 5.32 Å². The topological polar surface area (TPSA) is 58.6 Å². The van der Waals surface area contributed by atoms with Crippen molar-refractivity contribution in [1.29, 1.82) is 0 Å². The number of halogens is 1. The molecule has 0 aromatic heterocycles. The number of nitrogens with zero attached hydrogens (tertiary/aromatic N) is 1. The third kappa shape index (κ3) is 4.71.